The van der Waals surface area contributed by atoms with Crippen molar-refractivity contribution in [3.8, 4) is 0 Å². The molecule has 152 valence electrons. The third-order valence-corrected chi connectivity index (χ3v) is 5.17. The number of carbonyl (C=O) groups is 3. The molecule has 0 bridgehead atoms. The number of hydrogen-bond acceptors (Lipinski definition) is 3. The molecule has 1 atom stereocenters. The molecule has 6 heteroatoms. The van der Waals surface area contributed by atoms with E-state index in [2.05, 4.69) is 10.6 Å². The van der Waals surface area contributed by atoms with Crippen LogP contribution in [0.15, 0.2) is 42.5 Å². The second kappa shape index (κ2) is 8.90. The Balaban J connectivity index is 1.51. The van der Waals surface area contributed by atoms with Gasteiger partial charge in [0.2, 0.25) is 17.7 Å². The van der Waals surface area contributed by atoms with Gasteiger partial charge in [0.1, 0.15) is 0 Å². The fraction of sp³-hybridized carbons (Fsp3) is 0.348. The third-order valence-electron chi connectivity index (χ3n) is 5.17. The van der Waals surface area contributed by atoms with Crippen molar-refractivity contribution in [1.82, 2.24) is 10.2 Å². The van der Waals surface area contributed by atoms with Gasteiger partial charge in [-0.15, -0.1) is 0 Å². The number of hydrogen-bond donors (Lipinski definition) is 2. The summed E-state index contributed by atoms with van der Waals surface area (Å²) in [6.45, 7) is 6.65. The summed E-state index contributed by atoms with van der Waals surface area (Å²) in [6, 6.07) is 13.7. The second-order valence-electron chi connectivity index (χ2n) is 7.70. The largest absolute Gasteiger partial charge is 0.347 e. The predicted molar refractivity (Wildman–Crippen MR) is 112 cm³/mol. The Labute approximate surface area is 171 Å². The molecule has 0 aliphatic carbocycles. The second-order valence-corrected chi connectivity index (χ2v) is 7.70. The zero-order valence-electron chi connectivity index (χ0n) is 17.1. The third kappa shape index (κ3) is 5.22. The van der Waals surface area contributed by atoms with E-state index in [1.165, 1.54) is 0 Å². The highest BCUT2D eigenvalue weighted by atomic mass is 16.2. The fourth-order valence-corrected chi connectivity index (χ4v) is 3.78. The Kier molecular flexibility index (Phi) is 6.32. The van der Waals surface area contributed by atoms with Gasteiger partial charge in [-0.25, -0.2) is 0 Å². The molecule has 0 unspecified atom stereocenters. The Hall–Kier alpha value is -3.15. The lowest BCUT2D eigenvalue weighted by Crippen LogP contribution is -2.38. The van der Waals surface area contributed by atoms with Crippen LogP contribution >= 0.6 is 0 Å². The van der Waals surface area contributed by atoms with Crippen molar-refractivity contribution in [2.75, 3.05) is 18.4 Å². The molecule has 1 aliphatic heterocycles. The van der Waals surface area contributed by atoms with Gasteiger partial charge in [-0.2, -0.15) is 0 Å². The fourth-order valence-electron chi connectivity index (χ4n) is 3.78. The van der Waals surface area contributed by atoms with Gasteiger partial charge >= 0.3 is 0 Å². The molecule has 1 saturated heterocycles. The standard InChI is InChI=1S/C23H27N3O3/c1-15-9-16(2)22(17(3)10-15)25-20(27)12-24-23(29)19-11-21(28)26(14-19)13-18-7-5-4-6-8-18/h4-10,19H,11-14H2,1-3H3,(H,24,29)(H,25,27)/t19-/m1/s1. The first kappa shape index (κ1) is 20.6. The van der Waals surface area contributed by atoms with Crippen LogP contribution in [0.25, 0.3) is 0 Å². The number of amides is 3. The number of benzene rings is 2. The summed E-state index contributed by atoms with van der Waals surface area (Å²) in [7, 11) is 0. The number of aryl methyl sites for hydroxylation is 3. The van der Waals surface area contributed by atoms with Crippen LogP contribution in [0, 0.1) is 26.7 Å². The molecule has 6 nitrogen and oxygen atoms in total. The van der Waals surface area contributed by atoms with Crippen LogP contribution in [-0.2, 0) is 20.9 Å². The summed E-state index contributed by atoms with van der Waals surface area (Å²) in [4.78, 5) is 38.7. The molecule has 2 aromatic carbocycles. The molecule has 0 spiro atoms. The lowest BCUT2D eigenvalue weighted by molar-refractivity contribution is -0.129. The molecule has 3 amide bonds. The van der Waals surface area contributed by atoms with Crippen LogP contribution in [0.4, 0.5) is 5.69 Å². The minimum Gasteiger partial charge on any atom is -0.347 e. The van der Waals surface area contributed by atoms with Crippen LogP contribution in [-0.4, -0.2) is 35.7 Å². The number of anilines is 1. The van der Waals surface area contributed by atoms with Crippen LogP contribution in [0.3, 0.4) is 0 Å². The SMILES string of the molecule is Cc1cc(C)c(NC(=O)CNC(=O)[C@@H]2CC(=O)N(Cc3ccccc3)C2)c(C)c1. The van der Waals surface area contributed by atoms with Gasteiger partial charge in [-0.1, -0.05) is 48.0 Å². The van der Waals surface area contributed by atoms with E-state index in [1.54, 1.807) is 4.90 Å². The average Bonchev–Trinajstić information content (AvgIpc) is 3.04. The number of nitrogens with one attached hydrogen (secondary N) is 2. The number of carbonyl (C=O) groups excluding carboxylic acids is 3. The maximum Gasteiger partial charge on any atom is 0.243 e. The molecular formula is C23H27N3O3. The molecule has 2 N–H and O–H groups in total. The summed E-state index contributed by atoms with van der Waals surface area (Å²) >= 11 is 0. The summed E-state index contributed by atoms with van der Waals surface area (Å²) < 4.78 is 0. The van der Waals surface area contributed by atoms with E-state index in [4.69, 9.17) is 0 Å². The molecule has 2 aromatic rings. The topological polar surface area (TPSA) is 78.5 Å². The minimum absolute atomic E-state index is 0.0376. The first-order valence-electron chi connectivity index (χ1n) is 9.80. The van der Waals surface area contributed by atoms with Crippen molar-refractivity contribution >= 4 is 23.4 Å². The Bertz CT molecular complexity index is 901. The molecule has 0 radical (unpaired) electrons. The van der Waals surface area contributed by atoms with E-state index in [0.29, 0.717) is 13.1 Å². The first-order chi connectivity index (χ1) is 13.8. The number of likely N-dealkylation sites (tertiary alicyclic amines) is 1. The predicted octanol–water partition coefficient (Wildman–Crippen LogP) is 2.72. The molecule has 0 aromatic heterocycles. The van der Waals surface area contributed by atoms with E-state index < -0.39 is 5.92 Å². The van der Waals surface area contributed by atoms with Crippen LogP contribution in [0.2, 0.25) is 0 Å². The zero-order chi connectivity index (χ0) is 21.0. The lowest BCUT2D eigenvalue weighted by atomic mass is 10.1. The maximum atomic E-state index is 12.5. The van der Waals surface area contributed by atoms with Crippen LogP contribution < -0.4 is 10.6 Å². The first-order valence-corrected chi connectivity index (χ1v) is 9.80. The Morgan fingerprint density at radius 3 is 2.38 bits per heavy atom. The highest BCUT2D eigenvalue weighted by Gasteiger charge is 2.34. The average molecular weight is 393 g/mol. The molecular weight excluding hydrogens is 366 g/mol. The van der Waals surface area contributed by atoms with Gasteiger partial charge < -0.3 is 15.5 Å². The molecule has 0 saturated carbocycles. The van der Waals surface area contributed by atoms with Gasteiger partial charge in [-0.3, -0.25) is 14.4 Å². The van der Waals surface area contributed by atoms with Crippen molar-refractivity contribution in [1.29, 1.82) is 0 Å². The summed E-state index contributed by atoms with van der Waals surface area (Å²) in [6.07, 6.45) is 0.177. The summed E-state index contributed by atoms with van der Waals surface area (Å²) in [5.74, 6) is -1.01. The van der Waals surface area contributed by atoms with Crippen molar-refractivity contribution in [3.63, 3.8) is 0 Å². The molecule has 1 fully saturated rings. The maximum absolute atomic E-state index is 12.5. The van der Waals surface area contributed by atoms with Gasteiger partial charge in [0.15, 0.2) is 0 Å². The highest BCUT2D eigenvalue weighted by Crippen LogP contribution is 2.22. The molecule has 3 rings (SSSR count). The van der Waals surface area contributed by atoms with Crippen molar-refractivity contribution in [2.45, 2.75) is 33.7 Å². The van der Waals surface area contributed by atoms with Gasteiger partial charge in [-0.05, 0) is 37.5 Å². The van der Waals surface area contributed by atoms with E-state index >= 15 is 0 Å². The van der Waals surface area contributed by atoms with Crippen molar-refractivity contribution in [2.24, 2.45) is 5.92 Å². The van der Waals surface area contributed by atoms with Crippen LogP contribution in [0.1, 0.15) is 28.7 Å². The summed E-state index contributed by atoms with van der Waals surface area (Å²) in [5, 5.41) is 5.54. The van der Waals surface area contributed by atoms with Gasteiger partial charge in [0.25, 0.3) is 0 Å². The molecule has 1 heterocycles. The number of nitrogens with zero attached hydrogens (tertiary/aromatic N) is 1. The Morgan fingerprint density at radius 1 is 1.07 bits per heavy atom. The lowest BCUT2D eigenvalue weighted by Gasteiger charge is -2.17. The van der Waals surface area contributed by atoms with E-state index in [9.17, 15) is 14.4 Å². The quantitative estimate of drug-likeness (QED) is 0.792. The van der Waals surface area contributed by atoms with Crippen molar-refractivity contribution < 1.29 is 14.4 Å². The smallest absolute Gasteiger partial charge is 0.243 e. The monoisotopic (exact) mass is 393 g/mol. The molecule has 1 aliphatic rings. The van der Waals surface area contributed by atoms with Crippen molar-refractivity contribution in [3.05, 3.63) is 64.7 Å². The molecule has 29 heavy (non-hydrogen) atoms. The number of rotatable bonds is 6. The van der Waals surface area contributed by atoms with Gasteiger partial charge in [0, 0.05) is 25.2 Å². The van der Waals surface area contributed by atoms with Gasteiger partial charge in [0.05, 0.1) is 12.5 Å². The normalized spacial score (nSPS) is 16.0. The Morgan fingerprint density at radius 2 is 1.72 bits per heavy atom. The van der Waals surface area contributed by atoms with E-state index in [-0.39, 0.29) is 30.7 Å². The van der Waals surface area contributed by atoms with E-state index in [0.717, 1.165) is 27.9 Å². The zero-order valence-corrected chi connectivity index (χ0v) is 17.1. The summed E-state index contributed by atoms with van der Waals surface area (Å²) in [5.41, 5.74) is 4.92. The van der Waals surface area contributed by atoms with Crippen LogP contribution in [0.5, 0.6) is 0 Å². The minimum atomic E-state index is -0.429. The highest BCUT2D eigenvalue weighted by molar-refractivity contribution is 5.97. The van der Waals surface area contributed by atoms with E-state index in [1.807, 2.05) is 63.2 Å².